The number of pyridine rings is 1. The third-order valence-corrected chi connectivity index (χ3v) is 5.40. The first-order valence-electron chi connectivity index (χ1n) is 9.87. The minimum Gasteiger partial charge on any atom is -0.361 e. The van der Waals surface area contributed by atoms with Crippen molar-refractivity contribution in [3.8, 4) is 0 Å². The molecular weight excluding hydrogens is 463 g/mol. The Labute approximate surface area is 180 Å². The molecule has 0 saturated heterocycles. The molecule has 28 heavy (non-hydrogen) atoms. The fourth-order valence-corrected chi connectivity index (χ4v) is 3.87. The number of benzene rings is 1. The number of carbonyl (C=O) groups excluding carboxylic acids is 1. The number of fused-ring (bicyclic) bond motifs is 1. The van der Waals surface area contributed by atoms with Crippen molar-refractivity contribution in [3.05, 3.63) is 57.4 Å². The highest BCUT2D eigenvalue weighted by Gasteiger charge is 2.11. The van der Waals surface area contributed by atoms with Gasteiger partial charge in [0.15, 0.2) is 0 Å². The molecule has 2 heterocycles. The summed E-state index contributed by atoms with van der Waals surface area (Å²) in [5, 5.41) is 4.27. The van der Waals surface area contributed by atoms with Crippen LogP contribution < -0.4 is 10.2 Å². The van der Waals surface area contributed by atoms with E-state index in [-0.39, 0.29) is 5.91 Å². The summed E-state index contributed by atoms with van der Waals surface area (Å²) in [5.41, 5.74) is 3.02. The maximum atomic E-state index is 12.6. The number of carbonyl (C=O) groups is 1. The average Bonchev–Trinajstić information content (AvgIpc) is 3.10. The van der Waals surface area contributed by atoms with Gasteiger partial charge in [-0.15, -0.1) is 0 Å². The lowest BCUT2D eigenvalue weighted by Crippen LogP contribution is -2.28. The number of aromatic amines is 1. The van der Waals surface area contributed by atoms with E-state index in [1.165, 1.54) is 14.5 Å². The van der Waals surface area contributed by atoms with Crippen molar-refractivity contribution in [1.29, 1.82) is 0 Å². The summed E-state index contributed by atoms with van der Waals surface area (Å²) in [4.78, 5) is 22.6. The number of nitrogens with zero attached hydrogens (tertiary/aromatic N) is 2. The number of anilines is 1. The van der Waals surface area contributed by atoms with E-state index in [9.17, 15) is 4.79 Å². The maximum absolute atomic E-state index is 12.6. The van der Waals surface area contributed by atoms with Crippen LogP contribution in [0.15, 0.2) is 42.7 Å². The first kappa shape index (κ1) is 20.6. The molecule has 0 aliphatic carbocycles. The highest BCUT2D eigenvalue weighted by atomic mass is 127. The van der Waals surface area contributed by atoms with Crippen LogP contribution in [0, 0.1) is 3.57 Å². The fourth-order valence-electron chi connectivity index (χ4n) is 3.38. The van der Waals surface area contributed by atoms with Crippen LogP contribution in [0.3, 0.4) is 0 Å². The summed E-state index contributed by atoms with van der Waals surface area (Å²) in [6.07, 6.45) is 6.67. The number of halogens is 1. The Morgan fingerprint density at radius 3 is 2.71 bits per heavy atom. The molecule has 0 spiro atoms. The highest BCUT2D eigenvalue weighted by Crippen LogP contribution is 2.21. The quantitative estimate of drug-likeness (QED) is 0.425. The van der Waals surface area contributed by atoms with E-state index in [2.05, 4.69) is 74.8 Å². The largest absolute Gasteiger partial charge is 0.361 e. The van der Waals surface area contributed by atoms with Crippen LogP contribution in [0.25, 0.3) is 10.9 Å². The van der Waals surface area contributed by atoms with Crippen molar-refractivity contribution in [2.24, 2.45) is 0 Å². The van der Waals surface area contributed by atoms with Gasteiger partial charge in [-0.2, -0.15) is 0 Å². The number of aromatic nitrogens is 2. The van der Waals surface area contributed by atoms with Crippen LogP contribution >= 0.6 is 22.6 Å². The second-order valence-corrected chi connectivity index (χ2v) is 8.15. The van der Waals surface area contributed by atoms with Gasteiger partial charge in [0, 0.05) is 52.1 Å². The first-order chi connectivity index (χ1) is 13.6. The van der Waals surface area contributed by atoms with Crippen molar-refractivity contribution < 1.29 is 4.79 Å². The second kappa shape index (κ2) is 9.91. The van der Waals surface area contributed by atoms with Crippen LogP contribution in [0.4, 0.5) is 5.82 Å². The summed E-state index contributed by atoms with van der Waals surface area (Å²) in [6.45, 7) is 6.81. The van der Waals surface area contributed by atoms with Crippen LogP contribution in [-0.4, -0.2) is 35.5 Å². The van der Waals surface area contributed by atoms with Gasteiger partial charge in [-0.3, -0.25) is 4.79 Å². The lowest BCUT2D eigenvalue weighted by molar-refractivity contribution is 0.0954. The average molecular weight is 490 g/mol. The standard InChI is InChI=1S/C22H27IN4O/c1-3-11-27(12-4-2)21-13-16(7-9-24-21)22(28)25-10-8-17-15-26-20-6-5-18(23)14-19(17)20/h5-7,9,13-15,26H,3-4,8,10-12H2,1-2H3,(H,25,28). The molecule has 0 aliphatic rings. The lowest BCUT2D eigenvalue weighted by Gasteiger charge is -2.22. The molecule has 0 atom stereocenters. The molecule has 2 aromatic heterocycles. The molecule has 0 bridgehead atoms. The number of hydrogen-bond donors (Lipinski definition) is 2. The molecule has 0 unspecified atom stereocenters. The van der Waals surface area contributed by atoms with Gasteiger partial charge < -0.3 is 15.2 Å². The van der Waals surface area contributed by atoms with E-state index in [1.54, 1.807) is 12.3 Å². The zero-order valence-electron chi connectivity index (χ0n) is 16.5. The Morgan fingerprint density at radius 2 is 1.96 bits per heavy atom. The van der Waals surface area contributed by atoms with E-state index in [4.69, 9.17) is 0 Å². The van der Waals surface area contributed by atoms with Gasteiger partial charge in [0.25, 0.3) is 5.91 Å². The maximum Gasteiger partial charge on any atom is 0.251 e. The van der Waals surface area contributed by atoms with Crippen LogP contribution in [0.1, 0.15) is 42.6 Å². The lowest BCUT2D eigenvalue weighted by atomic mass is 10.1. The molecule has 3 rings (SSSR count). The predicted molar refractivity (Wildman–Crippen MR) is 124 cm³/mol. The Kier molecular flexibility index (Phi) is 7.30. The fraction of sp³-hybridized carbons (Fsp3) is 0.364. The summed E-state index contributed by atoms with van der Waals surface area (Å²) < 4.78 is 1.21. The van der Waals surface area contributed by atoms with E-state index < -0.39 is 0 Å². The van der Waals surface area contributed by atoms with Gasteiger partial charge in [-0.25, -0.2) is 4.98 Å². The van der Waals surface area contributed by atoms with Crippen molar-refractivity contribution in [3.63, 3.8) is 0 Å². The minimum absolute atomic E-state index is 0.0500. The van der Waals surface area contributed by atoms with E-state index in [1.807, 2.05) is 12.3 Å². The molecule has 148 valence electrons. The van der Waals surface area contributed by atoms with Crippen LogP contribution in [0.2, 0.25) is 0 Å². The highest BCUT2D eigenvalue weighted by molar-refractivity contribution is 14.1. The topological polar surface area (TPSA) is 61.0 Å². The number of rotatable bonds is 9. The van der Waals surface area contributed by atoms with Gasteiger partial charge in [0.05, 0.1) is 0 Å². The molecule has 1 amide bonds. The van der Waals surface area contributed by atoms with Crippen LogP contribution in [0.5, 0.6) is 0 Å². The number of H-pyrrole nitrogens is 1. The predicted octanol–water partition coefficient (Wildman–Crippen LogP) is 4.77. The summed E-state index contributed by atoms with van der Waals surface area (Å²) in [6, 6.07) is 10.0. The summed E-state index contributed by atoms with van der Waals surface area (Å²) >= 11 is 2.32. The van der Waals surface area contributed by atoms with Gasteiger partial charge in [0.1, 0.15) is 5.82 Å². The minimum atomic E-state index is -0.0500. The normalized spacial score (nSPS) is 11.0. The molecule has 3 aromatic rings. The molecule has 0 saturated carbocycles. The van der Waals surface area contributed by atoms with Gasteiger partial charge in [-0.1, -0.05) is 13.8 Å². The SMILES string of the molecule is CCCN(CCC)c1cc(C(=O)NCCc2c[nH]c3ccc(I)cc23)ccn1. The Hall–Kier alpha value is -2.09. The smallest absolute Gasteiger partial charge is 0.251 e. The second-order valence-electron chi connectivity index (χ2n) is 6.90. The Balaban J connectivity index is 1.63. The third-order valence-electron chi connectivity index (χ3n) is 4.73. The van der Waals surface area contributed by atoms with Gasteiger partial charge >= 0.3 is 0 Å². The zero-order chi connectivity index (χ0) is 19.9. The molecule has 6 heteroatoms. The van der Waals surface area contributed by atoms with Crippen molar-refractivity contribution in [1.82, 2.24) is 15.3 Å². The van der Waals surface area contributed by atoms with Crippen molar-refractivity contribution >= 4 is 45.2 Å². The third kappa shape index (κ3) is 5.04. The van der Waals surface area contributed by atoms with Gasteiger partial charge in [-0.05, 0) is 77.7 Å². The molecule has 1 aromatic carbocycles. The molecule has 2 N–H and O–H groups in total. The van der Waals surface area contributed by atoms with Gasteiger partial charge in [0.2, 0.25) is 0 Å². The monoisotopic (exact) mass is 490 g/mol. The Morgan fingerprint density at radius 1 is 1.18 bits per heavy atom. The molecule has 5 nitrogen and oxygen atoms in total. The van der Waals surface area contributed by atoms with Crippen molar-refractivity contribution in [2.45, 2.75) is 33.1 Å². The first-order valence-corrected chi connectivity index (χ1v) is 10.9. The zero-order valence-corrected chi connectivity index (χ0v) is 18.6. The van der Waals surface area contributed by atoms with E-state index >= 15 is 0 Å². The molecular formula is C22H27IN4O. The van der Waals surface area contributed by atoms with E-state index in [0.717, 1.165) is 43.7 Å². The van der Waals surface area contributed by atoms with Crippen LogP contribution in [-0.2, 0) is 6.42 Å². The number of nitrogens with one attached hydrogen (secondary N) is 2. The molecule has 0 aliphatic heterocycles. The number of hydrogen-bond acceptors (Lipinski definition) is 3. The summed E-state index contributed by atoms with van der Waals surface area (Å²) in [7, 11) is 0. The van der Waals surface area contributed by atoms with E-state index in [0.29, 0.717) is 12.1 Å². The Bertz CT molecular complexity index is 931. The molecule has 0 radical (unpaired) electrons. The van der Waals surface area contributed by atoms with Crippen molar-refractivity contribution in [2.75, 3.05) is 24.5 Å². The molecule has 0 fully saturated rings. The summed E-state index contributed by atoms with van der Waals surface area (Å²) in [5.74, 6) is 0.827. The number of amides is 1.